The quantitative estimate of drug-likeness (QED) is 0.0537. The van der Waals surface area contributed by atoms with Crippen molar-refractivity contribution in [2.45, 2.75) is 78.3 Å². The van der Waals surface area contributed by atoms with Gasteiger partial charge in [0, 0.05) is 50.4 Å². The molecule has 1 aromatic carbocycles. The van der Waals surface area contributed by atoms with Gasteiger partial charge in [-0.05, 0) is 82.5 Å². The number of aromatic nitrogens is 2. The number of pyridine rings is 2. The number of unbranched alkanes of at least 4 members (excludes halogenated alkanes) is 6. The molecule has 8 heteroatoms. The molecule has 0 saturated heterocycles. The first-order valence-electron chi connectivity index (χ1n) is 15.7. The van der Waals surface area contributed by atoms with Crippen molar-refractivity contribution in [1.29, 1.82) is 0 Å². The highest BCUT2D eigenvalue weighted by molar-refractivity contribution is 5.72. The monoisotopic (exact) mass is 574 g/mol. The van der Waals surface area contributed by atoms with Crippen molar-refractivity contribution in [3.8, 4) is 11.5 Å². The van der Waals surface area contributed by atoms with Gasteiger partial charge in [-0.15, -0.1) is 0 Å². The summed E-state index contributed by atoms with van der Waals surface area (Å²) in [5, 5.41) is 24.1. The summed E-state index contributed by atoms with van der Waals surface area (Å²) in [5.41, 5.74) is 3.17. The summed E-state index contributed by atoms with van der Waals surface area (Å²) in [7, 11) is 0. The average Bonchev–Trinajstić information content (AvgIpc) is 3.01. The summed E-state index contributed by atoms with van der Waals surface area (Å²) in [6.07, 6.45) is 14.1. The van der Waals surface area contributed by atoms with E-state index in [1.54, 1.807) is 6.07 Å². The molecule has 0 radical (unpaired) electrons. The lowest BCUT2D eigenvalue weighted by atomic mass is 10.1. The van der Waals surface area contributed by atoms with Gasteiger partial charge in [-0.1, -0.05) is 45.2 Å². The van der Waals surface area contributed by atoms with Crippen molar-refractivity contribution in [1.82, 2.24) is 19.8 Å². The standard InChI is InChI=1S/C34H50N6O2/c1-3-39(27-29-17-9-13-19-35-29)23-15-7-5-11-21-37-31-25-34(42)32(26-33(31)41)38-22-12-6-8-16-24-40(4-2)28-30-18-10-14-20-36-30/h9-10,13-14,17-21,25-26,38,41-42H,3-8,11-12,15-16,22-24,27-28H2,1-2H3. The number of nitrogens with zero attached hydrogens (tertiary/aromatic N) is 5. The Kier molecular flexibility index (Phi) is 15.4. The van der Waals surface area contributed by atoms with Crippen LogP contribution in [-0.2, 0) is 13.1 Å². The van der Waals surface area contributed by atoms with Crippen molar-refractivity contribution in [2.24, 2.45) is 4.99 Å². The van der Waals surface area contributed by atoms with E-state index in [0.717, 1.165) is 109 Å². The second kappa shape index (κ2) is 19.6. The third-order valence-electron chi connectivity index (χ3n) is 7.47. The van der Waals surface area contributed by atoms with Crippen LogP contribution in [0, 0.1) is 0 Å². The van der Waals surface area contributed by atoms with E-state index in [1.807, 2.05) is 42.9 Å². The van der Waals surface area contributed by atoms with Crippen LogP contribution in [0.25, 0.3) is 0 Å². The van der Waals surface area contributed by atoms with E-state index >= 15 is 0 Å². The maximum Gasteiger partial charge on any atom is 0.143 e. The molecule has 0 aliphatic heterocycles. The minimum absolute atomic E-state index is 0.0761. The van der Waals surface area contributed by atoms with Crippen LogP contribution < -0.4 is 5.32 Å². The molecule has 3 N–H and O–H groups in total. The number of phenolic OH excluding ortho intramolecular Hbond substituents is 2. The maximum atomic E-state index is 10.5. The molecule has 0 spiro atoms. The van der Waals surface area contributed by atoms with E-state index in [9.17, 15) is 10.2 Å². The zero-order valence-corrected chi connectivity index (χ0v) is 25.6. The van der Waals surface area contributed by atoms with E-state index in [1.165, 1.54) is 6.07 Å². The van der Waals surface area contributed by atoms with Crippen molar-refractivity contribution in [3.05, 3.63) is 72.3 Å². The second-order valence-electron chi connectivity index (χ2n) is 10.7. The SMILES string of the molecule is CCN(CCCCCC=Nc1cc(O)c(NCCCCCCN(CC)Cc2ccccn2)cc1O)Cc1ccccn1. The normalized spacial score (nSPS) is 11.6. The van der Waals surface area contributed by atoms with Gasteiger partial charge in [0.15, 0.2) is 0 Å². The predicted octanol–water partition coefficient (Wildman–Crippen LogP) is 7.17. The van der Waals surface area contributed by atoms with Gasteiger partial charge >= 0.3 is 0 Å². The molecule has 0 bridgehead atoms. The minimum atomic E-state index is 0.0761. The Labute approximate surface area is 252 Å². The molecule has 0 aliphatic carbocycles. The Morgan fingerprint density at radius 1 is 0.738 bits per heavy atom. The van der Waals surface area contributed by atoms with Gasteiger partial charge in [-0.3, -0.25) is 24.8 Å². The highest BCUT2D eigenvalue weighted by Gasteiger charge is 2.08. The molecule has 3 aromatic rings. The van der Waals surface area contributed by atoms with Gasteiger partial charge in [0.2, 0.25) is 0 Å². The summed E-state index contributed by atoms with van der Waals surface area (Å²) >= 11 is 0. The summed E-state index contributed by atoms with van der Waals surface area (Å²) in [6.45, 7) is 11.1. The molecule has 0 fully saturated rings. The maximum absolute atomic E-state index is 10.5. The molecular formula is C34H50N6O2. The van der Waals surface area contributed by atoms with Crippen LogP contribution in [0.2, 0.25) is 0 Å². The lowest BCUT2D eigenvalue weighted by Crippen LogP contribution is -2.24. The molecule has 8 nitrogen and oxygen atoms in total. The molecule has 3 rings (SSSR count). The van der Waals surface area contributed by atoms with E-state index in [0.29, 0.717) is 11.4 Å². The van der Waals surface area contributed by atoms with Crippen molar-refractivity contribution in [3.63, 3.8) is 0 Å². The van der Waals surface area contributed by atoms with Gasteiger partial charge in [0.1, 0.15) is 17.2 Å². The Morgan fingerprint density at radius 2 is 1.33 bits per heavy atom. The Hall–Kier alpha value is -3.49. The molecule has 2 aromatic heterocycles. The van der Waals surface area contributed by atoms with Crippen LogP contribution in [0.4, 0.5) is 11.4 Å². The van der Waals surface area contributed by atoms with E-state index in [-0.39, 0.29) is 11.5 Å². The van der Waals surface area contributed by atoms with E-state index < -0.39 is 0 Å². The van der Waals surface area contributed by atoms with Crippen LogP contribution in [0.3, 0.4) is 0 Å². The number of phenols is 2. The third-order valence-corrected chi connectivity index (χ3v) is 7.47. The molecule has 0 amide bonds. The highest BCUT2D eigenvalue weighted by atomic mass is 16.3. The molecule has 0 saturated carbocycles. The van der Waals surface area contributed by atoms with Crippen LogP contribution >= 0.6 is 0 Å². The number of nitrogens with one attached hydrogen (secondary N) is 1. The number of aliphatic imine (C=N–C) groups is 1. The second-order valence-corrected chi connectivity index (χ2v) is 10.7. The Balaban J connectivity index is 1.27. The summed E-state index contributed by atoms with van der Waals surface area (Å²) < 4.78 is 0. The number of hydrogen-bond donors (Lipinski definition) is 3. The number of rotatable bonds is 21. The van der Waals surface area contributed by atoms with Crippen LogP contribution in [0.1, 0.15) is 76.6 Å². The third kappa shape index (κ3) is 12.6. The number of benzene rings is 1. The van der Waals surface area contributed by atoms with Gasteiger partial charge in [-0.25, -0.2) is 0 Å². The lowest BCUT2D eigenvalue weighted by molar-refractivity contribution is 0.269. The zero-order chi connectivity index (χ0) is 29.8. The number of hydrogen-bond acceptors (Lipinski definition) is 8. The molecule has 42 heavy (non-hydrogen) atoms. The van der Waals surface area contributed by atoms with Crippen LogP contribution in [0.15, 0.2) is 65.9 Å². The zero-order valence-electron chi connectivity index (χ0n) is 25.6. The first-order valence-corrected chi connectivity index (χ1v) is 15.7. The molecule has 0 unspecified atom stereocenters. The molecule has 228 valence electrons. The molecule has 2 heterocycles. The van der Waals surface area contributed by atoms with Crippen molar-refractivity contribution < 1.29 is 10.2 Å². The average molecular weight is 575 g/mol. The predicted molar refractivity (Wildman–Crippen MR) is 174 cm³/mol. The fourth-order valence-electron chi connectivity index (χ4n) is 4.90. The van der Waals surface area contributed by atoms with Gasteiger partial charge in [0.05, 0.1) is 17.1 Å². The lowest BCUT2D eigenvalue weighted by Gasteiger charge is -2.19. The fraction of sp³-hybridized carbons (Fsp3) is 0.500. The molecule has 0 atom stereocenters. The highest BCUT2D eigenvalue weighted by Crippen LogP contribution is 2.36. The van der Waals surface area contributed by atoms with E-state index in [4.69, 9.17) is 0 Å². The Bertz CT molecular complexity index is 1160. The smallest absolute Gasteiger partial charge is 0.143 e. The molecule has 0 aliphatic rings. The largest absolute Gasteiger partial charge is 0.506 e. The Morgan fingerprint density at radius 3 is 1.90 bits per heavy atom. The van der Waals surface area contributed by atoms with Gasteiger partial charge in [-0.2, -0.15) is 0 Å². The van der Waals surface area contributed by atoms with Gasteiger partial charge < -0.3 is 15.5 Å². The summed E-state index contributed by atoms with van der Waals surface area (Å²) in [5.74, 6) is 0.188. The number of aromatic hydroxyl groups is 2. The topological polar surface area (TPSA) is 97.1 Å². The van der Waals surface area contributed by atoms with Crippen LogP contribution in [-0.4, -0.2) is 68.9 Å². The van der Waals surface area contributed by atoms with Crippen molar-refractivity contribution >= 4 is 17.6 Å². The van der Waals surface area contributed by atoms with Gasteiger partial charge in [0.25, 0.3) is 0 Å². The fourth-order valence-corrected chi connectivity index (χ4v) is 4.90. The van der Waals surface area contributed by atoms with Crippen LogP contribution in [0.5, 0.6) is 11.5 Å². The number of anilines is 1. The van der Waals surface area contributed by atoms with Crippen molar-refractivity contribution in [2.75, 3.05) is 38.0 Å². The first kappa shape index (κ1) is 33.0. The minimum Gasteiger partial charge on any atom is -0.506 e. The first-order chi connectivity index (χ1) is 20.6. The van der Waals surface area contributed by atoms with E-state index in [2.05, 4.69) is 56.1 Å². The summed E-state index contributed by atoms with van der Waals surface area (Å²) in [4.78, 5) is 18.1. The molecular weight excluding hydrogens is 524 g/mol. The summed E-state index contributed by atoms with van der Waals surface area (Å²) in [6, 6.07) is 15.2.